The number of aromatic nitrogens is 1. The third-order valence-corrected chi connectivity index (χ3v) is 3.75. The Hall–Kier alpha value is -1.42. The van der Waals surface area contributed by atoms with Crippen LogP contribution >= 0.6 is 15.9 Å². The monoisotopic (exact) mass is 318 g/mol. The van der Waals surface area contributed by atoms with E-state index in [2.05, 4.69) is 20.9 Å². The molecule has 1 fully saturated rings. The van der Waals surface area contributed by atoms with Crippen molar-refractivity contribution >= 4 is 32.7 Å². The van der Waals surface area contributed by atoms with Crippen LogP contribution in [0, 0.1) is 0 Å². The van der Waals surface area contributed by atoms with Crippen molar-refractivity contribution in [2.24, 2.45) is 0 Å². The van der Waals surface area contributed by atoms with Crippen molar-refractivity contribution in [1.29, 1.82) is 0 Å². The Morgan fingerprint density at radius 1 is 1.26 bits per heavy atom. The molecule has 1 amide bonds. The maximum atomic E-state index is 12.5. The molecular weight excluding hydrogens is 304 g/mol. The molecule has 1 aliphatic rings. The van der Waals surface area contributed by atoms with E-state index in [1.807, 2.05) is 41.3 Å². The number of carbonyl (C=O) groups excluding carboxylic acids is 1. The van der Waals surface area contributed by atoms with Crippen LogP contribution < -0.4 is 0 Å². The van der Waals surface area contributed by atoms with Crippen molar-refractivity contribution in [2.75, 3.05) is 11.9 Å². The molecule has 1 aromatic heterocycles. The van der Waals surface area contributed by atoms with Crippen molar-refractivity contribution in [3.05, 3.63) is 42.1 Å². The molecule has 0 radical (unpaired) electrons. The zero-order chi connectivity index (χ0) is 13.2. The Labute approximate surface area is 120 Å². The van der Waals surface area contributed by atoms with Gasteiger partial charge < -0.3 is 4.90 Å². The Morgan fingerprint density at radius 2 is 2.05 bits per heavy atom. The lowest BCUT2D eigenvalue weighted by molar-refractivity contribution is 0.0749. The van der Waals surface area contributed by atoms with Crippen molar-refractivity contribution < 1.29 is 4.79 Å². The van der Waals surface area contributed by atoms with Gasteiger partial charge >= 0.3 is 0 Å². The minimum atomic E-state index is 0.0488. The SMILES string of the molecule is O=C(c1ccc2ccccc2n1)N(CCBr)C1CC1. The van der Waals surface area contributed by atoms with Gasteiger partial charge in [0.15, 0.2) is 0 Å². The first-order chi connectivity index (χ1) is 9.29. The van der Waals surface area contributed by atoms with Crippen molar-refractivity contribution in [2.45, 2.75) is 18.9 Å². The molecule has 1 aliphatic carbocycles. The Balaban J connectivity index is 1.91. The van der Waals surface area contributed by atoms with E-state index < -0.39 is 0 Å². The van der Waals surface area contributed by atoms with Gasteiger partial charge in [0, 0.05) is 23.3 Å². The van der Waals surface area contributed by atoms with Gasteiger partial charge in [-0.2, -0.15) is 0 Å². The van der Waals surface area contributed by atoms with Crippen LogP contribution in [0.25, 0.3) is 10.9 Å². The van der Waals surface area contributed by atoms with E-state index in [-0.39, 0.29) is 5.91 Å². The summed E-state index contributed by atoms with van der Waals surface area (Å²) >= 11 is 3.41. The summed E-state index contributed by atoms with van der Waals surface area (Å²) in [7, 11) is 0. The third kappa shape index (κ3) is 2.63. The van der Waals surface area contributed by atoms with E-state index in [0.717, 1.165) is 35.6 Å². The van der Waals surface area contributed by atoms with E-state index in [4.69, 9.17) is 0 Å². The van der Waals surface area contributed by atoms with Crippen molar-refractivity contribution in [3.8, 4) is 0 Å². The predicted molar refractivity (Wildman–Crippen MR) is 79.6 cm³/mol. The van der Waals surface area contributed by atoms with Crippen LogP contribution in [0.4, 0.5) is 0 Å². The number of rotatable bonds is 4. The first kappa shape index (κ1) is 12.6. The fourth-order valence-electron chi connectivity index (χ4n) is 2.26. The summed E-state index contributed by atoms with van der Waals surface area (Å²) in [5.74, 6) is 0.0488. The molecule has 0 bridgehead atoms. The zero-order valence-corrected chi connectivity index (χ0v) is 12.1. The van der Waals surface area contributed by atoms with Crippen LogP contribution in [0.15, 0.2) is 36.4 Å². The molecule has 0 spiro atoms. The number of hydrogen-bond acceptors (Lipinski definition) is 2. The van der Waals surface area contributed by atoms with Crippen molar-refractivity contribution in [3.63, 3.8) is 0 Å². The van der Waals surface area contributed by atoms with Gasteiger partial charge in [-0.1, -0.05) is 40.2 Å². The number of hydrogen-bond donors (Lipinski definition) is 0. The maximum absolute atomic E-state index is 12.5. The second-order valence-corrected chi connectivity index (χ2v) is 5.60. The fourth-order valence-corrected chi connectivity index (χ4v) is 2.64. The van der Waals surface area contributed by atoms with Crippen molar-refractivity contribution in [1.82, 2.24) is 9.88 Å². The summed E-state index contributed by atoms with van der Waals surface area (Å²) in [6, 6.07) is 12.1. The predicted octanol–water partition coefficient (Wildman–Crippen LogP) is 3.23. The van der Waals surface area contributed by atoms with Crippen LogP contribution in [0.1, 0.15) is 23.3 Å². The van der Waals surface area contributed by atoms with E-state index >= 15 is 0 Å². The smallest absolute Gasteiger partial charge is 0.272 e. The fraction of sp³-hybridized carbons (Fsp3) is 0.333. The number of halogens is 1. The highest BCUT2D eigenvalue weighted by atomic mass is 79.9. The molecule has 98 valence electrons. The van der Waals surface area contributed by atoms with Crippen LogP contribution in [0.3, 0.4) is 0 Å². The summed E-state index contributed by atoms with van der Waals surface area (Å²) in [6.45, 7) is 0.748. The summed E-state index contributed by atoms with van der Waals surface area (Å²) in [5.41, 5.74) is 1.43. The number of nitrogens with zero attached hydrogens (tertiary/aromatic N) is 2. The van der Waals surface area contributed by atoms with Gasteiger partial charge in [0.1, 0.15) is 5.69 Å². The van der Waals surface area contributed by atoms with Crippen LogP contribution in [0.5, 0.6) is 0 Å². The minimum absolute atomic E-state index is 0.0488. The molecule has 0 saturated heterocycles. The van der Waals surface area contributed by atoms with Gasteiger partial charge in [-0.05, 0) is 25.0 Å². The van der Waals surface area contributed by atoms with Crippen LogP contribution in [-0.4, -0.2) is 33.7 Å². The molecule has 0 atom stereocenters. The first-order valence-electron chi connectivity index (χ1n) is 6.52. The molecule has 1 saturated carbocycles. The second kappa shape index (κ2) is 5.29. The van der Waals surface area contributed by atoms with E-state index in [0.29, 0.717) is 11.7 Å². The highest BCUT2D eigenvalue weighted by Gasteiger charge is 2.33. The van der Waals surface area contributed by atoms with E-state index in [9.17, 15) is 4.79 Å². The summed E-state index contributed by atoms with van der Waals surface area (Å²) < 4.78 is 0. The molecule has 2 aromatic rings. The number of alkyl halides is 1. The zero-order valence-electron chi connectivity index (χ0n) is 10.6. The first-order valence-corrected chi connectivity index (χ1v) is 7.64. The Bertz CT molecular complexity index is 610. The third-order valence-electron chi connectivity index (χ3n) is 3.39. The number of fused-ring (bicyclic) bond motifs is 1. The number of pyridine rings is 1. The van der Waals surface area contributed by atoms with Gasteiger partial charge in [-0.15, -0.1) is 0 Å². The molecule has 1 heterocycles. The number of carbonyl (C=O) groups is 1. The number of amides is 1. The summed E-state index contributed by atoms with van der Waals surface area (Å²) in [4.78, 5) is 18.9. The largest absolute Gasteiger partial charge is 0.333 e. The lowest BCUT2D eigenvalue weighted by Crippen LogP contribution is -2.35. The molecule has 0 unspecified atom stereocenters. The number of benzene rings is 1. The van der Waals surface area contributed by atoms with Crippen LogP contribution in [-0.2, 0) is 0 Å². The summed E-state index contributed by atoms with van der Waals surface area (Å²) in [5, 5.41) is 1.88. The molecule has 3 nitrogen and oxygen atoms in total. The highest BCUT2D eigenvalue weighted by molar-refractivity contribution is 9.09. The average Bonchev–Trinajstić information content (AvgIpc) is 3.28. The van der Waals surface area contributed by atoms with E-state index in [1.165, 1.54) is 0 Å². The van der Waals surface area contributed by atoms with E-state index in [1.54, 1.807) is 0 Å². The lowest BCUT2D eigenvalue weighted by Gasteiger charge is -2.20. The molecule has 0 N–H and O–H groups in total. The second-order valence-electron chi connectivity index (χ2n) is 4.81. The van der Waals surface area contributed by atoms with Gasteiger partial charge in [0.2, 0.25) is 0 Å². The van der Waals surface area contributed by atoms with Gasteiger partial charge in [0.25, 0.3) is 5.91 Å². The molecule has 1 aromatic carbocycles. The van der Waals surface area contributed by atoms with Crippen LogP contribution in [0.2, 0.25) is 0 Å². The lowest BCUT2D eigenvalue weighted by atomic mass is 10.2. The Kier molecular flexibility index (Phi) is 3.51. The normalized spacial score (nSPS) is 14.6. The molecule has 4 heteroatoms. The van der Waals surface area contributed by atoms with Gasteiger partial charge in [-0.25, -0.2) is 4.98 Å². The molecule has 3 rings (SSSR count). The number of para-hydroxylation sites is 1. The quantitative estimate of drug-likeness (QED) is 0.811. The molecule has 0 aliphatic heterocycles. The Morgan fingerprint density at radius 3 is 2.79 bits per heavy atom. The average molecular weight is 319 g/mol. The highest BCUT2D eigenvalue weighted by Crippen LogP contribution is 2.28. The van der Waals surface area contributed by atoms with Gasteiger partial charge in [0.05, 0.1) is 5.52 Å². The minimum Gasteiger partial charge on any atom is -0.333 e. The standard InChI is InChI=1S/C15H15BrN2O/c16-9-10-18(12-6-7-12)15(19)14-8-5-11-3-1-2-4-13(11)17-14/h1-5,8,12H,6-7,9-10H2. The molecule has 19 heavy (non-hydrogen) atoms. The summed E-state index contributed by atoms with van der Waals surface area (Å²) in [6.07, 6.45) is 2.23. The topological polar surface area (TPSA) is 33.2 Å². The molecular formula is C15H15BrN2O. The van der Waals surface area contributed by atoms with Gasteiger partial charge in [-0.3, -0.25) is 4.79 Å². The maximum Gasteiger partial charge on any atom is 0.272 e.